The van der Waals surface area contributed by atoms with Crippen molar-refractivity contribution in [2.45, 2.75) is 13.5 Å². The van der Waals surface area contributed by atoms with Gasteiger partial charge in [0.2, 0.25) is 0 Å². The van der Waals surface area contributed by atoms with Gasteiger partial charge in [-0.2, -0.15) is 0 Å². The normalized spacial score (nSPS) is 10.3. The van der Waals surface area contributed by atoms with E-state index in [0.717, 1.165) is 5.56 Å². The van der Waals surface area contributed by atoms with Gasteiger partial charge in [0.15, 0.2) is 5.76 Å². The number of carbonyl (C=O) groups excluding carboxylic acids is 1. The Labute approximate surface area is 114 Å². The summed E-state index contributed by atoms with van der Waals surface area (Å²) in [5, 5.41) is 0.490. The number of amides is 1. The fourth-order valence-electron chi connectivity index (χ4n) is 1.48. The minimum absolute atomic E-state index is 0.141. The second kappa shape index (κ2) is 5.73. The third kappa shape index (κ3) is 3.24. The minimum Gasteiger partial charge on any atom is -0.487 e. The van der Waals surface area contributed by atoms with Gasteiger partial charge in [0.05, 0.1) is 11.2 Å². The minimum atomic E-state index is -0.487. The molecule has 0 spiro atoms. The first kappa shape index (κ1) is 13.4. The average molecular weight is 282 g/mol. The van der Waals surface area contributed by atoms with E-state index >= 15 is 0 Å². The molecule has 0 radical (unpaired) electrons. The Kier molecular flexibility index (Phi) is 4.03. The molecular formula is C12H12ClN3O3. The number of aromatic nitrogens is 1. The van der Waals surface area contributed by atoms with E-state index in [0.29, 0.717) is 16.5 Å². The van der Waals surface area contributed by atoms with E-state index in [4.69, 9.17) is 26.6 Å². The lowest BCUT2D eigenvalue weighted by molar-refractivity contribution is 0.0924. The third-order valence-electron chi connectivity index (χ3n) is 2.45. The van der Waals surface area contributed by atoms with Gasteiger partial charge in [-0.15, -0.1) is 0 Å². The predicted molar refractivity (Wildman–Crippen MR) is 68.7 cm³/mol. The highest BCUT2D eigenvalue weighted by atomic mass is 35.5. The van der Waals surface area contributed by atoms with Crippen LogP contribution in [0.3, 0.4) is 0 Å². The highest BCUT2D eigenvalue weighted by Crippen LogP contribution is 2.19. The van der Waals surface area contributed by atoms with Gasteiger partial charge in [-0.3, -0.25) is 15.2 Å². The number of hydrazine groups is 1. The fraction of sp³-hybridized carbons (Fsp3) is 0.167. The number of carbonyl (C=O) groups is 1. The number of nitrogen functional groups attached to an aromatic ring is 1. The van der Waals surface area contributed by atoms with Crippen molar-refractivity contribution in [3.63, 3.8) is 0 Å². The Morgan fingerprint density at radius 1 is 1.53 bits per heavy atom. The quantitative estimate of drug-likeness (QED) is 0.507. The van der Waals surface area contributed by atoms with Gasteiger partial charge in [-0.05, 0) is 13.0 Å². The van der Waals surface area contributed by atoms with Crippen LogP contribution >= 0.6 is 11.6 Å². The largest absolute Gasteiger partial charge is 0.487 e. The topological polar surface area (TPSA) is 90.4 Å². The first-order valence-corrected chi connectivity index (χ1v) is 5.81. The van der Waals surface area contributed by atoms with Gasteiger partial charge >= 0.3 is 5.91 Å². The van der Waals surface area contributed by atoms with Gasteiger partial charge in [0.1, 0.15) is 18.1 Å². The van der Waals surface area contributed by atoms with Gasteiger partial charge in [-0.25, -0.2) is 5.84 Å². The second-order valence-corrected chi connectivity index (χ2v) is 4.23. The fourth-order valence-corrected chi connectivity index (χ4v) is 1.64. The summed E-state index contributed by atoms with van der Waals surface area (Å²) in [6, 6.07) is 3.23. The number of rotatable bonds is 4. The highest BCUT2D eigenvalue weighted by Gasteiger charge is 2.13. The molecule has 0 aromatic carbocycles. The molecule has 0 saturated heterocycles. The number of ether oxygens (including phenoxy) is 1. The van der Waals surface area contributed by atoms with Crippen molar-refractivity contribution in [2.75, 3.05) is 0 Å². The molecule has 1 amide bonds. The number of nitrogens with one attached hydrogen (secondary N) is 1. The molecule has 6 nitrogen and oxygen atoms in total. The Morgan fingerprint density at radius 2 is 2.32 bits per heavy atom. The van der Waals surface area contributed by atoms with Gasteiger partial charge in [0.25, 0.3) is 0 Å². The van der Waals surface area contributed by atoms with Crippen LogP contribution in [-0.2, 0) is 6.61 Å². The Bertz CT molecular complexity index is 598. The molecule has 0 aliphatic heterocycles. The van der Waals surface area contributed by atoms with E-state index < -0.39 is 5.91 Å². The van der Waals surface area contributed by atoms with Crippen LogP contribution in [0.15, 0.2) is 28.9 Å². The van der Waals surface area contributed by atoms with Crippen LogP contribution < -0.4 is 16.0 Å². The lowest BCUT2D eigenvalue weighted by Crippen LogP contribution is -2.29. The molecule has 0 aliphatic rings. The van der Waals surface area contributed by atoms with Crippen LogP contribution in [0, 0.1) is 6.92 Å². The molecule has 7 heteroatoms. The maximum Gasteiger partial charge on any atom is 0.300 e. The molecule has 0 atom stereocenters. The second-order valence-electron chi connectivity index (χ2n) is 3.79. The van der Waals surface area contributed by atoms with Crippen LogP contribution in [0.2, 0.25) is 5.02 Å². The molecule has 19 heavy (non-hydrogen) atoms. The molecule has 3 N–H and O–H groups in total. The number of nitrogens with two attached hydrogens (primary N) is 1. The zero-order valence-electron chi connectivity index (χ0n) is 10.1. The van der Waals surface area contributed by atoms with Gasteiger partial charge < -0.3 is 9.15 Å². The first-order chi connectivity index (χ1) is 9.10. The molecule has 2 aromatic heterocycles. The van der Waals surface area contributed by atoms with Gasteiger partial charge in [-0.1, -0.05) is 11.6 Å². The number of aryl methyl sites for hydroxylation is 1. The lowest BCUT2D eigenvalue weighted by Gasteiger charge is -2.04. The molecule has 0 fully saturated rings. The van der Waals surface area contributed by atoms with Crippen molar-refractivity contribution >= 4 is 17.5 Å². The van der Waals surface area contributed by atoms with Gasteiger partial charge in [0, 0.05) is 17.8 Å². The Morgan fingerprint density at radius 3 is 3.00 bits per heavy atom. The van der Waals surface area contributed by atoms with Crippen molar-refractivity contribution in [3.8, 4) is 5.75 Å². The van der Waals surface area contributed by atoms with E-state index in [2.05, 4.69) is 4.98 Å². The number of halogens is 1. The Hall–Kier alpha value is -2.05. The van der Waals surface area contributed by atoms with Crippen LogP contribution in [-0.4, -0.2) is 10.9 Å². The van der Waals surface area contributed by atoms with Crippen molar-refractivity contribution in [3.05, 3.63) is 46.6 Å². The molecule has 2 aromatic rings. The summed E-state index contributed by atoms with van der Waals surface area (Å²) in [7, 11) is 0. The van der Waals surface area contributed by atoms with Crippen LogP contribution in [0.25, 0.3) is 0 Å². The maximum absolute atomic E-state index is 11.3. The first-order valence-electron chi connectivity index (χ1n) is 5.43. The van der Waals surface area contributed by atoms with Crippen LogP contribution in [0.1, 0.15) is 21.9 Å². The summed E-state index contributed by atoms with van der Waals surface area (Å²) in [6.07, 6.45) is 3.07. The molecule has 100 valence electrons. The summed E-state index contributed by atoms with van der Waals surface area (Å²) >= 11 is 5.79. The zero-order chi connectivity index (χ0) is 13.8. The molecule has 0 aliphatic carbocycles. The smallest absolute Gasteiger partial charge is 0.300 e. The number of hydrogen-bond donors (Lipinski definition) is 2. The monoisotopic (exact) mass is 281 g/mol. The number of furan rings is 1. The van der Waals surface area contributed by atoms with E-state index in [-0.39, 0.29) is 12.4 Å². The number of pyridine rings is 1. The van der Waals surface area contributed by atoms with Crippen LogP contribution in [0.5, 0.6) is 5.75 Å². The lowest BCUT2D eigenvalue weighted by atomic mass is 10.2. The summed E-state index contributed by atoms with van der Waals surface area (Å²) in [4.78, 5) is 15.2. The standard InChI is InChI=1S/C12H12ClN3O3/c1-7-8(2-11(19-7)12(17)16-14)6-18-10-3-9(13)4-15-5-10/h2-5H,6,14H2,1H3,(H,16,17). The third-order valence-corrected chi connectivity index (χ3v) is 2.66. The van der Waals surface area contributed by atoms with E-state index in [9.17, 15) is 4.79 Å². The van der Waals surface area contributed by atoms with E-state index in [1.165, 1.54) is 6.20 Å². The highest BCUT2D eigenvalue weighted by molar-refractivity contribution is 6.30. The maximum atomic E-state index is 11.3. The van der Waals surface area contributed by atoms with Crippen molar-refractivity contribution in [2.24, 2.45) is 5.84 Å². The molecule has 0 saturated carbocycles. The van der Waals surface area contributed by atoms with E-state index in [1.807, 2.05) is 5.43 Å². The predicted octanol–water partition coefficient (Wildman–Crippen LogP) is 1.82. The SMILES string of the molecule is Cc1oc(C(=O)NN)cc1COc1cncc(Cl)c1. The molecule has 0 bridgehead atoms. The summed E-state index contributed by atoms with van der Waals surface area (Å²) in [5.41, 5.74) is 2.75. The van der Waals surface area contributed by atoms with Crippen molar-refractivity contribution in [1.29, 1.82) is 0 Å². The number of hydrogen-bond acceptors (Lipinski definition) is 5. The molecule has 0 unspecified atom stereocenters. The summed E-state index contributed by atoms with van der Waals surface area (Å²) < 4.78 is 10.8. The van der Waals surface area contributed by atoms with Crippen LogP contribution in [0.4, 0.5) is 0 Å². The zero-order valence-corrected chi connectivity index (χ0v) is 10.9. The molecule has 2 heterocycles. The summed E-state index contributed by atoms with van der Waals surface area (Å²) in [6.45, 7) is 1.98. The number of nitrogens with zero attached hydrogens (tertiary/aromatic N) is 1. The Balaban J connectivity index is 2.07. The molecular weight excluding hydrogens is 270 g/mol. The summed E-state index contributed by atoms with van der Waals surface area (Å²) in [5.74, 6) is 5.82. The average Bonchev–Trinajstić information content (AvgIpc) is 2.77. The van der Waals surface area contributed by atoms with E-state index in [1.54, 1.807) is 25.3 Å². The van der Waals surface area contributed by atoms with Crippen molar-refractivity contribution < 1.29 is 13.9 Å². The molecule has 2 rings (SSSR count). The van der Waals surface area contributed by atoms with Crippen molar-refractivity contribution in [1.82, 2.24) is 10.4 Å².